The molecule has 0 bridgehead atoms. The van der Waals surface area contributed by atoms with Gasteiger partial charge in [-0.1, -0.05) is 96.1 Å². The van der Waals surface area contributed by atoms with Crippen molar-refractivity contribution in [3.8, 4) is 33.9 Å². The topological polar surface area (TPSA) is 9.86 Å². The SMILES string of the molecule is [Zr+2].[c-]1cccc2c1c1c(n2-c2ccccc2)-c2ccccc2C1.[c-]1cccc2c1c1c(n2-c2ccccc2)-c2ccccc2C1. The van der Waals surface area contributed by atoms with Crippen molar-refractivity contribution in [2.75, 3.05) is 0 Å². The zero-order valence-corrected chi connectivity index (χ0v) is 27.1. The Morgan fingerprint density at radius 3 is 1.27 bits per heavy atom. The maximum atomic E-state index is 3.46. The van der Waals surface area contributed by atoms with Crippen LogP contribution in [0.25, 0.3) is 55.7 Å². The second-order valence-electron chi connectivity index (χ2n) is 11.5. The van der Waals surface area contributed by atoms with Gasteiger partial charge in [0.2, 0.25) is 0 Å². The average molecular weight is 652 g/mol. The van der Waals surface area contributed by atoms with Crippen molar-refractivity contribution in [1.82, 2.24) is 9.13 Å². The van der Waals surface area contributed by atoms with E-state index in [9.17, 15) is 0 Å². The van der Waals surface area contributed by atoms with Gasteiger partial charge in [-0.05, 0) is 70.4 Å². The van der Waals surface area contributed by atoms with E-state index >= 15 is 0 Å². The first-order chi connectivity index (χ1) is 21.9. The van der Waals surface area contributed by atoms with Crippen molar-refractivity contribution in [3.05, 3.63) is 180 Å². The van der Waals surface area contributed by atoms with Crippen molar-refractivity contribution in [3.63, 3.8) is 0 Å². The van der Waals surface area contributed by atoms with Crippen LogP contribution < -0.4 is 0 Å². The quantitative estimate of drug-likeness (QED) is 0.165. The van der Waals surface area contributed by atoms with Gasteiger partial charge in [-0.15, -0.1) is 59.3 Å². The fraction of sp³-hybridized carbons (Fsp3) is 0.0476. The molecule has 0 atom stereocenters. The van der Waals surface area contributed by atoms with E-state index in [1.807, 2.05) is 12.1 Å². The van der Waals surface area contributed by atoms with Gasteiger partial charge in [-0.25, -0.2) is 0 Å². The molecule has 0 radical (unpaired) electrons. The van der Waals surface area contributed by atoms with Crippen LogP contribution in [0.2, 0.25) is 0 Å². The van der Waals surface area contributed by atoms with Crippen LogP contribution >= 0.6 is 0 Å². The molecule has 0 unspecified atom stereocenters. The molecule has 3 heteroatoms. The van der Waals surface area contributed by atoms with Crippen LogP contribution in [0.5, 0.6) is 0 Å². The monoisotopic (exact) mass is 650 g/mol. The van der Waals surface area contributed by atoms with E-state index in [1.54, 1.807) is 0 Å². The van der Waals surface area contributed by atoms with E-state index in [1.165, 1.54) is 77.9 Å². The molecule has 2 aromatic heterocycles. The minimum atomic E-state index is 0. The Hall–Kier alpha value is -4.72. The largest absolute Gasteiger partial charge is 2.00 e. The number of aromatic nitrogens is 2. The van der Waals surface area contributed by atoms with E-state index < -0.39 is 0 Å². The summed E-state index contributed by atoms with van der Waals surface area (Å²) < 4.78 is 4.76. The van der Waals surface area contributed by atoms with Crippen molar-refractivity contribution in [2.24, 2.45) is 0 Å². The zero-order chi connectivity index (χ0) is 29.0. The third-order valence-electron chi connectivity index (χ3n) is 9.08. The third-order valence-corrected chi connectivity index (χ3v) is 9.08. The predicted octanol–water partition coefficient (Wildman–Crippen LogP) is 10.0. The van der Waals surface area contributed by atoms with Gasteiger partial charge in [-0.2, -0.15) is 0 Å². The molecule has 0 aliphatic heterocycles. The molecule has 2 aliphatic rings. The van der Waals surface area contributed by atoms with Crippen molar-refractivity contribution in [2.45, 2.75) is 12.8 Å². The van der Waals surface area contributed by atoms with Crippen molar-refractivity contribution in [1.29, 1.82) is 0 Å². The number of nitrogens with zero attached hydrogens (tertiary/aromatic N) is 2. The smallest absolute Gasteiger partial charge is 0.359 e. The van der Waals surface area contributed by atoms with E-state index in [-0.39, 0.29) is 26.2 Å². The average Bonchev–Trinajstić information content (AvgIpc) is 3.83. The molecule has 0 saturated heterocycles. The fourth-order valence-corrected chi connectivity index (χ4v) is 7.25. The van der Waals surface area contributed by atoms with Crippen LogP contribution in [0.1, 0.15) is 22.3 Å². The summed E-state index contributed by atoms with van der Waals surface area (Å²) in [5.74, 6) is 0. The molecule has 0 fully saturated rings. The zero-order valence-electron chi connectivity index (χ0n) is 24.7. The molecule has 2 nitrogen and oxygen atoms in total. The second-order valence-corrected chi connectivity index (χ2v) is 11.5. The minimum Gasteiger partial charge on any atom is -0.359 e. The molecule has 0 spiro atoms. The molecule has 0 N–H and O–H groups in total. The van der Waals surface area contributed by atoms with Gasteiger partial charge in [0, 0.05) is 22.8 Å². The molecule has 6 aromatic carbocycles. The van der Waals surface area contributed by atoms with E-state index in [2.05, 4.69) is 155 Å². The van der Waals surface area contributed by atoms with Crippen LogP contribution in [-0.2, 0) is 39.0 Å². The molecule has 210 valence electrons. The molecular weight excluding hydrogens is 624 g/mol. The van der Waals surface area contributed by atoms with E-state index in [0.29, 0.717) is 0 Å². The Balaban J connectivity index is 0.000000131. The summed E-state index contributed by atoms with van der Waals surface area (Å²) in [5.41, 5.74) is 15.9. The number of para-hydroxylation sites is 2. The molecule has 2 aliphatic carbocycles. The van der Waals surface area contributed by atoms with Gasteiger partial charge in [-0.3, -0.25) is 0 Å². The van der Waals surface area contributed by atoms with Gasteiger partial charge < -0.3 is 9.13 Å². The number of benzene rings is 6. The van der Waals surface area contributed by atoms with Crippen molar-refractivity contribution >= 4 is 21.8 Å². The summed E-state index contributed by atoms with van der Waals surface area (Å²) in [6, 6.07) is 58.2. The number of fused-ring (bicyclic) bond motifs is 10. The minimum absolute atomic E-state index is 0. The Bertz CT molecular complexity index is 2160. The Labute approximate surface area is 282 Å². The predicted molar refractivity (Wildman–Crippen MR) is 181 cm³/mol. The molecule has 45 heavy (non-hydrogen) atoms. The van der Waals surface area contributed by atoms with Crippen LogP contribution in [0, 0.1) is 12.1 Å². The summed E-state index contributed by atoms with van der Waals surface area (Å²) in [6.07, 6.45) is 2.00. The first kappa shape index (κ1) is 27.8. The Morgan fingerprint density at radius 2 is 0.822 bits per heavy atom. The number of rotatable bonds is 2. The maximum Gasteiger partial charge on any atom is 2.00 e. The number of hydrogen-bond acceptors (Lipinski definition) is 0. The Morgan fingerprint density at radius 1 is 0.422 bits per heavy atom. The number of hydrogen-bond donors (Lipinski definition) is 0. The second kappa shape index (κ2) is 11.3. The van der Waals surface area contributed by atoms with Crippen LogP contribution in [0.3, 0.4) is 0 Å². The van der Waals surface area contributed by atoms with Crippen LogP contribution in [0.15, 0.2) is 146 Å². The van der Waals surface area contributed by atoms with Gasteiger partial charge in [0.15, 0.2) is 0 Å². The summed E-state index contributed by atoms with van der Waals surface area (Å²) in [6.45, 7) is 0. The summed E-state index contributed by atoms with van der Waals surface area (Å²) in [7, 11) is 0. The van der Waals surface area contributed by atoms with Crippen molar-refractivity contribution < 1.29 is 26.2 Å². The normalized spacial score (nSPS) is 12.1. The standard InChI is InChI=1S/2C21H14N.Zr/c2*1-2-9-16(10-3-1)22-20-13-7-6-12-18(20)19-14-15-8-4-5-11-17(15)21(19)22;/h2*1-11,13H,14H2;/q2*-1;+2. The summed E-state index contributed by atoms with van der Waals surface area (Å²) in [5, 5.41) is 2.50. The first-order valence-electron chi connectivity index (χ1n) is 15.2. The third kappa shape index (κ3) is 4.41. The molecule has 0 amide bonds. The molecule has 8 aromatic rings. The molecule has 10 rings (SSSR count). The van der Waals surface area contributed by atoms with Gasteiger partial charge >= 0.3 is 26.2 Å². The summed E-state index contributed by atoms with van der Waals surface area (Å²) in [4.78, 5) is 0. The van der Waals surface area contributed by atoms with E-state index in [4.69, 9.17) is 0 Å². The fourth-order valence-electron chi connectivity index (χ4n) is 7.25. The Kier molecular flexibility index (Phi) is 7.00. The molecule has 2 heterocycles. The van der Waals surface area contributed by atoms with Crippen LogP contribution in [-0.4, -0.2) is 9.13 Å². The van der Waals surface area contributed by atoms with Gasteiger partial charge in [0.05, 0.1) is 0 Å². The van der Waals surface area contributed by atoms with Gasteiger partial charge in [0.25, 0.3) is 0 Å². The van der Waals surface area contributed by atoms with Crippen LogP contribution in [0.4, 0.5) is 0 Å². The van der Waals surface area contributed by atoms with Gasteiger partial charge in [0.1, 0.15) is 0 Å². The summed E-state index contributed by atoms with van der Waals surface area (Å²) >= 11 is 0. The van der Waals surface area contributed by atoms with E-state index in [0.717, 1.165) is 12.8 Å². The molecule has 0 saturated carbocycles. The first-order valence-corrected chi connectivity index (χ1v) is 15.2. The molecular formula is C42H28N2Zr. The maximum absolute atomic E-state index is 3.46.